The highest BCUT2D eigenvalue weighted by Gasteiger charge is 2.34. The lowest BCUT2D eigenvalue weighted by atomic mass is 9.97. The fraction of sp³-hybridized carbons (Fsp3) is 0.529. The smallest absolute Gasteiger partial charge is 0.243 e. The van der Waals surface area contributed by atoms with Crippen LogP contribution in [0.4, 0.5) is 0 Å². The number of carbonyl (C=O) groups is 2. The number of carboxylic acid groups (broad SMARTS) is 1. The summed E-state index contributed by atoms with van der Waals surface area (Å²) < 4.78 is 26.7. The van der Waals surface area contributed by atoms with Crippen molar-refractivity contribution in [1.82, 2.24) is 9.62 Å². The van der Waals surface area contributed by atoms with Crippen molar-refractivity contribution in [2.24, 2.45) is 11.8 Å². The monoisotopic (exact) mass is 367 g/mol. The SMILES string of the molecule is CC(C)[C@H](NC(=O)[C@@H]1CCCN(S(=O)(=O)c2ccccc2)C1)C(=O)[O-]. The molecule has 7 nitrogen and oxygen atoms in total. The van der Waals surface area contributed by atoms with Crippen molar-refractivity contribution in [3.63, 3.8) is 0 Å². The Kier molecular flexibility index (Phi) is 6.18. The number of hydrogen-bond donors (Lipinski definition) is 1. The number of hydrogen-bond acceptors (Lipinski definition) is 5. The van der Waals surface area contributed by atoms with E-state index >= 15 is 0 Å². The lowest BCUT2D eigenvalue weighted by Gasteiger charge is -2.33. The molecule has 1 aliphatic rings. The van der Waals surface area contributed by atoms with Gasteiger partial charge in [0.25, 0.3) is 0 Å². The maximum absolute atomic E-state index is 12.7. The van der Waals surface area contributed by atoms with E-state index in [2.05, 4.69) is 5.32 Å². The van der Waals surface area contributed by atoms with Gasteiger partial charge in [0.1, 0.15) is 0 Å². The molecule has 1 aromatic carbocycles. The topological polar surface area (TPSA) is 107 Å². The Labute approximate surface area is 148 Å². The third-order valence-electron chi connectivity index (χ3n) is 4.35. The van der Waals surface area contributed by atoms with E-state index in [-0.39, 0.29) is 17.4 Å². The lowest BCUT2D eigenvalue weighted by Crippen LogP contribution is -2.54. The minimum Gasteiger partial charge on any atom is -0.548 e. The molecule has 1 aromatic rings. The van der Waals surface area contributed by atoms with Crippen LogP contribution < -0.4 is 10.4 Å². The highest BCUT2D eigenvalue weighted by atomic mass is 32.2. The van der Waals surface area contributed by atoms with Gasteiger partial charge in [0.15, 0.2) is 0 Å². The maximum atomic E-state index is 12.7. The van der Waals surface area contributed by atoms with Crippen molar-refractivity contribution in [2.45, 2.75) is 37.6 Å². The molecule has 0 aromatic heterocycles. The van der Waals surface area contributed by atoms with Crippen molar-refractivity contribution in [3.05, 3.63) is 30.3 Å². The van der Waals surface area contributed by atoms with Gasteiger partial charge in [0.2, 0.25) is 15.9 Å². The number of aliphatic carboxylic acids is 1. The summed E-state index contributed by atoms with van der Waals surface area (Å²) in [6.45, 7) is 3.73. The van der Waals surface area contributed by atoms with Gasteiger partial charge in [-0.1, -0.05) is 32.0 Å². The van der Waals surface area contributed by atoms with Crippen LogP contribution in [0.25, 0.3) is 0 Å². The number of sulfonamides is 1. The molecule has 1 amide bonds. The molecule has 1 aliphatic heterocycles. The summed E-state index contributed by atoms with van der Waals surface area (Å²) in [5.74, 6) is -2.68. The van der Waals surface area contributed by atoms with Crippen molar-refractivity contribution in [2.75, 3.05) is 13.1 Å². The van der Waals surface area contributed by atoms with Crippen molar-refractivity contribution in [1.29, 1.82) is 0 Å². The molecule has 25 heavy (non-hydrogen) atoms. The number of benzene rings is 1. The summed E-state index contributed by atoms with van der Waals surface area (Å²) >= 11 is 0. The van der Waals surface area contributed by atoms with E-state index in [0.29, 0.717) is 19.4 Å². The van der Waals surface area contributed by atoms with Gasteiger partial charge in [-0.05, 0) is 30.9 Å². The summed E-state index contributed by atoms with van der Waals surface area (Å²) in [7, 11) is -3.66. The van der Waals surface area contributed by atoms with Gasteiger partial charge in [-0.3, -0.25) is 4.79 Å². The number of carbonyl (C=O) groups excluding carboxylic acids is 2. The molecule has 2 atom stereocenters. The molecule has 0 spiro atoms. The molecule has 0 aliphatic carbocycles. The summed E-state index contributed by atoms with van der Waals surface area (Å²) in [4.78, 5) is 23.7. The molecule has 0 unspecified atom stereocenters. The summed E-state index contributed by atoms with van der Waals surface area (Å²) in [5.41, 5.74) is 0. The van der Waals surface area contributed by atoms with Crippen molar-refractivity contribution < 1.29 is 23.1 Å². The first kappa shape index (κ1) is 19.4. The molecular formula is C17H23N2O5S-. The van der Waals surface area contributed by atoms with Gasteiger partial charge in [-0.2, -0.15) is 4.31 Å². The first-order valence-corrected chi connectivity index (χ1v) is 9.74. The first-order chi connectivity index (χ1) is 11.7. The molecule has 0 bridgehead atoms. The zero-order valence-corrected chi connectivity index (χ0v) is 15.2. The predicted molar refractivity (Wildman–Crippen MR) is 89.7 cm³/mol. The first-order valence-electron chi connectivity index (χ1n) is 8.30. The Morgan fingerprint density at radius 2 is 1.88 bits per heavy atom. The standard InChI is InChI=1S/C17H24N2O5S/c1-12(2)15(17(21)22)18-16(20)13-7-6-10-19(11-13)25(23,24)14-8-4-3-5-9-14/h3-5,8-9,12-13,15H,6-7,10-11H2,1-2H3,(H,18,20)(H,21,22)/p-1/t13-,15+/m1/s1. The van der Waals surface area contributed by atoms with E-state index in [9.17, 15) is 23.1 Å². The van der Waals surface area contributed by atoms with E-state index in [1.807, 2.05) is 0 Å². The quantitative estimate of drug-likeness (QED) is 0.760. The van der Waals surface area contributed by atoms with Crippen LogP contribution in [-0.4, -0.2) is 43.7 Å². The molecular weight excluding hydrogens is 344 g/mol. The van der Waals surface area contributed by atoms with Crippen molar-refractivity contribution in [3.8, 4) is 0 Å². The zero-order valence-electron chi connectivity index (χ0n) is 14.3. The average molecular weight is 367 g/mol. The molecule has 2 rings (SSSR count). The molecule has 1 heterocycles. The number of nitrogens with one attached hydrogen (secondary N) is 1. The van der Waals surface area contributed by atoms with Crippen LogP contribution in [0, 0.1) is 11.8 Å². The fourth-order valence-electron chi connectivity index (χ4n) is 2.89. The fourth-order valence-corrected chi connectivity index (χ4v) is 4.43. The van der Waals surface area contributed by atoms with Gasteiger partial charge < -0.3 is 15.2 Å². The molecule has 0 radical (unpaired) electrons. The molecule has 1 N–H and O–H groups in total. The Morgan fingerprint density at radius 3 is 2.44 bits per heavy atom. The van der Waals surface area contributed by atoms with Gasteiger partial charge in [0, 0.05) is 13.1 Å². The predicted octanol–water partition coefficient (Wildman–Crippen LogP) is -0.0220. The number of amides is 1. The minimum atomic E-state index is -3.66. The normalized spacial score (nSPS) is 20.2. The molecule has 1 fully saturated rings. The Hall–Kier alpha value is -1.93. The van der Waals surface area contributed by atoms with Crippen LogP contribution in [0.5, 0.6) is 0 Å². The van der Waals surface area contributed by atoms with Crippen LogP contribution in [0.1, 0.15) is 26.7 Å². The summed E-state index contributed by atoms with van der Waals surface area (Å²) in [6, 6.07) is 6.97. The highest BCUT2D eigenvalue weighted by molar-refractivity contribution is 7.89. The third-order valence-corrected chi connectivity index (χ3v) is 6.23. The Balaban J connectivity index is 2.10. The van der Waals surface area contributed by atoms with Crippen LogP contribution in [0.15, 0.2) is 35.2 Å². The van der Waals surface area contributed by atoms with E-state index < -0.39 is 33.9 Å². The van der Waals surface area contributed by atoms with Crippen molar-refractivity contribution >= 4 is 21.9 Å². The molecule has 1 saturated heterocycles. The lowest BCUT2D eigenvalue weighted by molar-refractivity contribution is -0.309. The van der Waals surface area contributed by atoms with E-state index in [1.165, 1.54) is 16.4 Å². The minimum absolute atomic E-state index is 0.0426. The third kappa shape index (κ3) is 4.58. The molecule has 138 valence electrons. The van der Waals surface area contributed by atoms with E-state index in [0.717, 1.165) is 0 Å². The highest BCUT2D eigenvalue weighted by Crippen LogP contribution is 2.24. The van der Waals surface area contributed by atoms with Gasteiger partial charge in [-0.15, -0.1) is 0 Å². The Bertz CT molecular complexity index is 718. The van der Waals surface area contributed by atoms with E-state index in [1.54, 1.807) is 32.0 Å². The summed E-state index contributed by atoms with van der Waals surface area (Å²) in [5, 5.41) is 13.6. The van der Waals surface area contributed by atoms with Gasteiger partial charge >= 0.3 is 0 Å². The summed E-state index contributed by atoms with van der Waals surface area (Å²) in [6.07, 6.45) is 1.06. The number of piperidine rings is 1. The molecule has 0 saturated carbocycles. The second kappa shape index (κ2) is 7.97. The zero-order chi connectivity index (χ0) is 18.6. The second-order valence-electron chi connectivity index (χ2n) is 6.56. The average Bonchev–Trinajstić information content (AvgIpc) is 2.59. The van der Waals surface area contributed by atoms with Gasteiger partial charge in [0.05, 0.1) is 22.8 Å². The van der Waals surface area contributed by atoms with Crippen LogP contribution in [-0.2, 0) is 19.6 Å². The maximum Gasteiger partial charge on any atom is 0.243 e. The largest absolute Gasteiger partial charge is 0.548 e. The van der Waals surface area contributed by atoms with Crippen LogP contribution in [0.3, 0.4) is 0 Å². The second-order valence-corrected chi connectivity index (χ2v) is 8.50. The van der Waals surface area contributed by atoms with E-state index in [4.69, 9.17) is 0 Å². The number of nitrogens with zero attached hydrogens (tertiary/aromatic N) is 1. The van der Waals surface area contributed by atoms with Crippen LogP contribution in [0.2, 0.25) is 0 Å². The molecule has 8 heteroatoms. The van der Waals surface area contributed by atoms with Gasteiger partial charge in [-0.25, -0.2) is 8.42 Å². The Morgan fingerprint density at radius 1 is 1.24 bits per heavy atom. The van der Waals surface area contributed by atoms with Crippen LogP contribution >= 0.6 is 0 Å². The number of rotatable bonds is 6. The number of carboxylic acids is 1.